The van der Waals surface area contributed by atoms with Crippen molar-refractivity contribution in [2.75, 3.05) is 6.61 Å². The van der Waals surface area contributed by atoms with Crippen molar-refractivity contribution in [1.82, 2.24) is 14.0 Å². The number of hydrogen-bond donors (Lipinski definition) is 0. The number of carbonyl (C=O) groups is 2. The summed E-state index contributed by atoms with van der Waals surface area (Å²) in [6.45, 7) is 1.98. The number of aromatic nitrogens is 3. The molecule has 0 spiro atoms. The Kier molecular flexibility index (Phi) is 6.66. The van der Waals surface area contributed by atoms with E-state index < -0.39 is 11.9 Å². The van der Waals surface area contributed by atoms with Gasteiger partial charge >= 0.3 is 5.97 Å². The largest absolute Gasteiger partial charge is 0.462 e. The fourth-order valence-corrected chi connectivity index (χ4v) is 4.15. The number of pyridine rings is 2. The molecular weight excluding hydrogens is 492 g/mol. The van der Waals surface area contributed by atoms with Gasteiger partial charge in [-0.05, 0) is 55.0 Å². The van der Waals surface area contributed by atoms with E-state index in [-0.39, 0.29) is 46.4 Å². The molecule has 37 heavy (non-hydrogen) atoms. The summed E-state index contributed by atoms with van der Waals surface area (Å²) in [7, 11) is 0. The quantitative estimate of drug-likeness (QED) is 0.259. The van der Waals surface area contributed by atoms with Gasteiger partial charge in [-0.3, -0.25) is 14.0 Å². The van der Waals surface area contributed by atoms with Crippen molar-refractivity contribution in [3.63, 3.8) is 0 Å². The summed E-state index contributed by atoms with van der Waals surface area (Å²) >= 11 is 5.97. The number of rotatable bonds is 5. The fraction of sp³-hybridized carbons (Fsp3) is 0.107. The van der Waals surface area contributed by atoms with E-state index in [0.29, 0.717) is 10.7 Å². The molecule has 3 heterocycles. The van der Waals surface area contributed by atoms with Crippen LogP contribution in [0.3, 0.4) is 0 Å². The monoisotopic (exact) mass is 512 g/mol. The van der Waals surface area contributed by atoms with Gasteiger partial charge in [0.15, 0.2) is 5.49 Å². The van der Waals surface area contributed by atoms with Gasteiger partial charge in [-0.1, -0.05) is 48.0 Å². The van der Waals surface area contributed by atoms with Crippen LogP contribution >= 0.6 is 11.6 Å². The van der Waals surface area contributed by atoms with Gasteiger partial charge in [0.1, 0.15) is 16.9 Å². The maximum absolute atomic E-state index is 13.5. The molecule has 0 aliphatic heterocycles. The molecular formula is C28H21ClN4O4. The van der Waals surface area contributed by atoms with Crippen LogP contribution in [-0.4, -0.2) is 32.4 Å². The highest BCUT2D eigenvalue weighted by atomic mass is 35.5. The minimum absolute atomic E-state index is 0.0117. The minimum Gasteiger partial charge on any atom is -0.462 e. The Bertz CT molecular complexity index is 1770. The van der Waals surface area contributed by atoms with Gasteiger partial charge in [0.25, 0.3) is 11.5 Å². The van der Waals surface area contributed by atoms with Gasteiger partial charge < -0.3 is 9.30 Å². The van der Waals surface area contributed by atoms with Crippen LogP contribution in [0.25, 0.3) is 16.7 Å². The number of fused-ring (bicyclic) bond motifs is 2. The first-order chi connectivity index (χ1) is 18.0. The molecule has 2 aromatic carbocycles. The lowest BCUT2D eigenvalue weighted by Crippen LogP contribution is -2.33. The maximum Gasteiger partial charge on any atom is 0.341 e. The molecule has 1 amide bonds. The molecule has 0 aliphatic carbocycles. The summed E-state index contributed by atoms with van der Waals surface area (Å²) in [4.78, 5) is 48.8. The number of hydrogen-bond acceptors (Lipinski definition) is 5. The Morgan fingerprint density at radius 3 is 2.46 bits per heavy atom. The van der Waals surface area contributed by atoms with E-state index in [1.165, 1.54) is 10.5 Å². The molecule has 184 valence electrons. The van der Waals surface area contributed by atoms with Gasteiger partial charge in [-0.2, -0.15) is 4.99 Å². The molecule has 0 saturated carbocycles. The third-order valence-corrected chi connectivity index (χ3v) is 6.02. The first kappa shape index (κ1) is 24.1. The number of halogens is 1. The Balaban J connectivity index is 1.89. The van der Waals surface area contributed by atoms with Crippen molar-refractivity contribution < 1.29 is 14.3 Å². The van der Waals surface area contributed by atoms with Gasteiger partial charge in [0.05, 0.1) is 18.5 Å². The fourth-order valence-electron chi connectivity index (χ4n) is 4.03. The zero-order valence-electron chi connectivity index (χ0n) is 19.8. The zero-order valence-corrected chi connectivity index (χ0v) is 20.6. The highest BCUT2D eigenvalue weighted by Gasteiger charge is 2.20. The molecule has 0 bridgehead atoms. The van der Waals surface area contributed by atoms with Crippen molar-refractivity contribution >= 4 is 40.2 Å². The summed E-state index contributed by atoms with van der Waals surface area (Å²) in [5.41, 5.74) is 1.53. The molecule has 0 N–H and O–H groups in total. The van der Waals surface area contributed by atoms with Gasteiger partial charge in [0, 0.05) is 16.8 Å². The molecule has 0 unspecified atom stereocenters. The summed E-state index contributed by atoms with van der Waals surface area (Å²) in [6, 6.07) is 22.3. The van der Waals surface area contributed by atoms with Crippen LogP contribution in [0, 0.1) is 0 Å². The van der Waals surface area contributed by atoms with E-state index in [2.05, 4.69) is 4.99 Å². The molecule has 8 nitrogen and oxygen atoms in total. The van der Waals surface area contributed by atoms with E-state index >= 15 is 0 Å². The van der Waals surface area contributed by atoms with E-state index in [9.17, 15) is 14.4 Å². The smallest absolute Gasteiger partial charge is 0.341 e. The third-order valence-electron chi connectivity index (χ3n) is 5.77. The molecule has 9 heteroatoms. The molecule has 0 saturated heterocycles. The second kappa shape index (κ2) is 10.2. The average Bonchev–Trinajstić information content (AvgIpc) is 2.91. The number of esters is 1. The Morgan fingerprint density at radius 2 is 1.73 bits per heavy atom. The van der Waals surface area contributed by atoms with Crippen LogP contribution in [0.4, 0.5) is 0 Å². The van der Waals surface area contributed by atoms with Crippen LogP contribution < -0.4 is 11.0 Å². The SMILES string of the molecule is CCOC(=O)c1cc2c(=O)n3ccccc3nc2n(Cc2ccccc2)c1=NC(=O)c1ccc(Cl)cc1. The summed E-state index contributed by atoms with van der Waals surface area (Å²) in [5.74, 6) is -1.28. The Morgan fingerprint density at radius 1 is 1.00 bits per heavy atom. The van der Waals surface area contributed by atoms with E-state index in [4.69, 9.17) is 21.3 Å². The number of amides is 1. The third kappa shape index (κ3) is 4.79. The highest BCUT2D eigenvalue weighted by Crippen LogP contribution is 2.15. The molecule has 0 fully saturated rings. The lowest BCUT2D eigenvalue weighted by molar-refractivity contribution is 0.0523. The van der Waals surface area contributed by atoms with Crippen LogP contribution in [-0.2, 0) is 11.3 Å². The van der Waals surface area contributed by atoms with Crippen molar-refractivity contribution in [2.45, 2.75) is 13.5 Å². The molecule has 0 atom stereocenters. The van der Waals surface area contributed by atoms with E-state index in [0.717, 1.165) is 5.56 Å². The van der Waals surface area contributed by atoms with Crippen LogP contribution in [0.2, 0.25) is 5.02 Å². The van der Waals surface area contributed by atoms with Crippen molar-refractivity contribution in [3.05, 3.63) is 123 Å². The lowest BCUT2D eigenvalue weighted by atomic mass is 10.1. The predicted molar refractivity (Wildman–Crippen MR) is 140 cm³/mol. The second-order valence-electron chi connectivity index (χ2n) is 8.18. The molecule has 0 aliphatic rings. The predicted octanol–water partition coefficient (Wildman–Crippen LogP) is 4.27. The molecule has 5 rings (SSSR count). The van der Waals surface area contributed by atoms with Gasteiger partial charge in [0.2, 0.25) is 0 Å². The van der Waals surface area contributed by atoms with Crippen molar-refractivity contribution in [1.29, 1.82) is 0 Å². The highest BCUT2D eigenvalue weighted by molar-refractivity contribution is 6.30. The first-order valence-corrected chi connectivity index (χ1v) is 11.9. The second-order valence-corrected chi connectivity index (χ2v) is 8.62. The van der Waals surface area contributed by atoms with Crippen molar-refractivity contribution in [3.8, 4) is 0 Å². The normalized spacial score (nSPS) is 11.7. The maximum atomic E-state index is 13.5. The average molecular weight is 513 g/mol. The Hall–Kier alpha value is -4.56. The summed E-state index contributed by atoms with van der Waals surface area (Å²) in [5, 5.41) is 0.672. The van der Waals surface area contributed by atoms with Crippen molar-refractivity contribution in [2.24, 2.45) is 4.99 Å². The van der Waals surface area contributed by atoms with Gasteiger partial charge in [-0.25, -0.2) is 9.78 Å². The first-order valence-electron chi connectivity index (χ1n) is 11.6. The zero-order chi connectivity index (χ0) is 25.9. The van der Waals surface area contributed by atoms with Gasteiger partial charge in [-0.15, -0.1) is 0 Å². The lowest BCUT2D eigenvalue weighted by Gasteiger charge is -2.15. The number of carbonyl (C=O) groups excluding carboxylic acids is 2. The number of nitrogens with zero attached hydrogens (tertiary/aromatic N) is 4. The van der Waals surface area contributed by atoms with E-state index in [1.54, 1.807) is 60.2 Å². The number of benzene rings is 2. The Labute approximate surface area is 216 Å². The van der Waals surface area contributed by atoms with Crippen LogP contribution in [0.15, 0.2) is 94.8 Å². The van der Waals surface area contributed by atoms with Crippen LogP contribution in [0.5, 0.6) is 0 Å². The molecule has 5 aromatic rings. The van der Waals surface area contributed by atoms with Crippen LogP contribution in [0.1, 0.15) is 33.2 Å². The topological polar surface area (TPSA) is 95.0 Å². The van der Waals surface area contributed by atoms with E-state index in [1.807, 2.05) is 30.3 Å². The molecule has 3 aromatic heterocycles. The standard InChI is InChI=1S/C28H21ClN4O4/c1-2-37-28(36)22-16-21-24(30-23-10-6-7-15-32(23)27(21)35)33(17-18-8-4-3-5-9-18)25(22)31-26(34)19-11-13-20(29)14-12-19/h3-16H,2,17H2,1H3. The number of ether oxygens (including phenoxy) is 1. The minimum atomic E-state index is -0.702. The molecule has 0 radical (unpaired) electrons. The summed E-state index contributed by atoms with van der Waals surface area (Å²) < 4.78 is 8.30. The summed E-state index contributed by atoms with van der Waals surface area (Å²) in [6.07, 6.45) is 1.61.